The van der Waals surface area contributed by atoms with E-state index >= 15 is 0 Å². The first kappa shape index (κ1) is 36.4. The molecule has 0 unspecified atom stereocenters. The molecule has 0 fully saturated rings. The Labute approximate surface area is 364 Å². The maximum Gasteiger partial charge on any atom is 0.238 e. The zero-order valence-corrected chi connectivity index (χ0v) is 34.4. The average molecular weight is 806 g/mol. The van der Waals surface area contributed by atoms with Crippen LogP contribution in [-0.4, -0.2) is 24.1 Å². The first-order valence-corrected chi connectivity index (χ1v) is 21.3. The Morgan fingerprint density at radius 1 is 0.365 bits per heavy atom. The molecule has 63 heavy (non-hydrogen) atoms. The number of benzene rings is 8. The molecule has 0 spiro atoms. The normalized spacial score (nSPS) is 12.9. The molecule has 5 heteroatoms. The summed E-state index contributed by atoms with van der Waals surface area (Å²) in [5.74, 6) is 1.76. The van der Waals surface area contributed by atoms with Crippen molar-refractivity contribution in [2.24, 2.45) is 0 Å². The van der Waals surface area contributed by atoms with Crippen molar-refractivity contribution in [3.63, 3.8) is 0 Å². The summed E-state index contributed by atoms with van der Waals surface area (Å²) in [5.41, 5.74) is 15.3. The maximum atomic E-state index is 5.43. The summed E-state index contributed by atoms with van der Waals surface area (Å²) in [6, 6.07) is 70.6. The first-order chi connectivity index (χ1) is 31.2. The van der Waals surface area contributed by atoms with Crippen LogP contribution < -0.4 is 0 Å². The van der Waals surface area contributed by atoms with E-state index in [0.717, 1.165) is 66.1 Å². The van der Waals surface area contributed by atoms with E-state index in [9.17, 15) is 0 Å². The van der Waals surface area contributed by atoms with Gasteiger partial charge >= 0.3 is 0 Å². The molecule has 3 aromatic heterocycles. The number of rotatable bonds is 7. The molecule has 0 saturated carbocycles. The van der Waals surface area contributed by atoms with E-state index in [1.54, 1.807) is 0 Å². The third-order valence-electron chi connectivity index (χ3n) is 12.3. The number of aromatic nitrogens is 5. The Morgan fingerprint density at radius 2 is 0.841 bits per heavy atom. The fourth-order valence-electron chi connectivity index (χ4n) is 9.37. The monoisotopic (exact) mass is 805 g/mol. The largest absolute Gasteiger partial charge is 0.310 e. The van der Waals surface area contributed by atoms with Gasteiger partial charge in [-0.2, -0.15) is 9.97 Å². The van der Waals surface area contributed by atoms with Crippen molar-refractivity contribution in [1.29, 1.82) is 0 Å². The van der Waals surface area contributed by atoms with Crippen LogP contribution in [-0.2, 0) is 0 Å². The van der Waals surface area contributed by atoms with E-state index in [0.29, 0.717) is 24.0 Å². The summed E-state index contributed by atoms with van der Waals surface area (Å²) in [5, 5.41) is 4.59. The van der Waals surface area contributed by atoms with Gasteiger partial charge in [-0.15, -0.1) is 0 Å². The van der Waals surface area contributed by atoms with Crippen molar-refractivity contribution >= 4 is 54.9 Å². The molecule has 11 aromatic rings. The number of hydrogen-bond acceptors (Lipinski definition) is 3. The Morgan fingerprint density at radius 3 is 1.49 bits per heavy atom. The molecule has 8 aromatic carbocycles. The summed E-state index contributed by atoms with van der Waals surface area (Å²) in [7, 11) is 0. The van der Waals surface area contributed by atoms with Gasteiger partial charge in [0.2, 0.25) is 5.95 Å². The summed E-state index contributed by atoms with van der Waals surface area (Å²) in [6.45, 7) is 4.48. The minimum atomic E-state index is 0.553. The molecule has 5 nitrogen and oxygen atoms in total. The molecule has 3 heterocycles. The molecular formula is C58H39N5. The van der Waals surface area contributed by atoms with Crippen LogP contribution in [0.5, 0.6) is 0 Å². The number of nitrogens with zero attached hydrogens (tertiary/aromatic N) is 5. The quantitative estimate of drug-likeness (QED) is 0.161. The summed E-state index contributed by atoms with van der Waals surface area (Å²) < 4.78 is 4.74. The number of hydrogen-bond donors (Lipinski definition) is 0. The van der Waals surface area contributed by atoms with Gasteiger partial charge in [0.1, 0.15) is 0 Å². The van der Waals surface area contributed by atoms with Crippen LogP contribution in [0.3, 0.4) is 0 Å². The molecule has 0 N–H and O–H groups in total. The Bertz CT molecular complexity index is 3630. The number of fused-ring (bicyclic) bond motifs is 7. The fraction of sp³-hybridized carbons (Fsp3) is 0.0172. The molecule has 0 atom stereocenters. The highest BCUT2D eigenvalue weighted by atomic mass is 15.2. The number of allylic oxidation sites excluding steroid dienone is 5. The van der Waals surface area contributed by atoms with Crippen molar-refractivity contribution in [1.82, 2.24) is 24.1 Å². The predicted molar refractivity (Wildman–Crippen MR) is 261 cm³/mol. The van der Waals surface area contributed by atoms with Crippen LogP contribution in [0.2, 0.25) is 0 Å². The highest BCUT2D eigenvalue weighted by Crippen LogP contribution is 2.44. The van der Waals surface area contributed by atoms with Gasteiger partial charge in [0.15, 0.2) is 11.6 Å². The van der Waals surface area contributed by atoms with Gasteiger partial charge in [0.25, 0.3) is 0 Å². The van der Waals surface area contributed by atoms with Gasteiger partial charge in [-0.25, -0.2) is 4.98 Å². The lowest BCUT2D eigenvalue weighted by Gasteiger charge is -2.21. The average Bonchev–Trinajstić information content (AvgIpc) is 3.88. The predicted octanol–water partition coefficient (Wildman–Crippen LogP) is 14.6. The molecule has 1 aliphatic rings. The Hall–Kier alpha value is -8.41. The van der Waals surface area contributed by atoms with Crippen LogP contribution in [0, 0.1) is 0 Å². The summed E-state index contributed by atoms with van der Waals surface area (Å²) in [4.78, 5) is 16.0. The minimum absolute atomic E-state index is 0.553. The van der Waals surface area contributed by atoms with Crippen molar-refractivity contribution in [3.05, 3.63) is 230 Å². The van der Waals surface area contributed by atoms with Crippen molar-refractivity contribution in [2.45, 2.75) is 6.42 Å². The second-order valence-electron chi connectivity index (χ2n) is 16.1. The second kappa shape index (κ2) is 14.9. The standard InChI is InChI=1S/C58H39N5/c1-38-28-33-46(42-18-7-3-8-19-42)53(36-38)62-51-26-13-11-24-47(51)49-34-35-50-48-25-12-14-27-52(48)63(55(50)54(49)62)58-60-56(43-20-9-4-10-21-43)59-57(61-58)45-23-15-22-44(37-45)41-31-29-40(30-32-41)39-16-5-2-6-17-39/h2-35,37H,1,36H2. The maximum absolute atomic E-state index is 5.43. The van der Waals surface area contributed by atoms with Crippen LogP contribution in [0.4, 0.5) is 0 Å². The molecule has 0 amide bonds. The van der Waals surface area contributed by atoms with Crippen molar-refractivity contribution in [2.75, 3.05) is 0 Å². The number of para-hydroxylation sites is 2. The lowest BCUT2D eigenvalue weighted by molar-refractivity contribution is 0.953. The van der Waals surface area contributed by atoms with Crippen molar-refractivity contribution in [3.8, 4) is 51.0 Å². The van der Waals surface area contributed by atoms with Gasteiger partial charge in [0.05, 0.1) is 22.1 Å². The van der Waals surface area contributed by atoms with E-state index < -0.39 is 0 Å². The lowest BCUT2D eigenvalue weighted by Crippen LogP contribution is -2.08. The third-order valence-corrected chi connectivity index (χ3v) is 12.3. The molecule has 0 radical (unpaired) electrons. The molecule has 0 saturated heterocycles. The summed E-state index contributed by atoms with van der Waals surface area (Å²) >= 11 is 0. The zero-order chi connectivity index (χ0) is 41.9. The fourth-order valence-corrected chi connectivity index (χ4v) is 9.37. The second-order valence-corrected chi connectivity index (χ2v) is 16.1. The molecule has 296 valence electrons. The van der Waals surface area contributed by atoms with Gasteiger partial charge in [0, 0.05) is 50.4 Å². The van der Waals surface area contributed by atoms with Crippen LogP contribution in [0.15, 0.2) is 224 Å². The van der Waals surface area contributed by atoms with Gasteiger partial charge in [-0.05, 0) is 51.6 Å². The Balaban J connectivity index is 1.13. The molecule has 0 aliphatic heterocycles. The lowest BCUT2D eigenvalue weighted by atomic mass is 9.94. The minimum Gasteiger partial charge on any atom is -0.310 e. The van der Waals surface area contributed by atoms with E-state index in [2.05, 4.69) is 204 Å². The highest BCUT2D eigenvalue weighted by molar-refractivity contribution is 6.24. The van der Waals surface area contributed by atoms with Gasteiger partial charge < -0.3 is 4.57 Å². The highest BCUT2D eigenvalue weighted by Gasteiger charge is 2.26. The molecule has 0 bridgehead atoms. The van der Waals surface area contributed by atoms with E-state index in [-0.39, 0.29) is 0 Å². The third kappa shape index (κ3) is 6.21. The van der Waals surface area contributed by atoms with Gasteiger partial charge in [-0.1, -0.05) is 201 Å². The summed E-state index contributed by atoms with van der Waals surface area (Å²) in [6.07, 6.45) is 5.08. The first-order valence-electron chi connectivity index (χ1n) is 21.3. The smallest absolute Gasteiger partial charge is 0.238 e. The SMILES string of the molecule is C=C1C=CC(c2ccccc2)=C(n2c3ccccc3c3ccc4c5ccccc5n(-c5nc(-c6ccccc6)nc(-c6cccc(-c7ccc(-c8ccccc8)cc7)c6)n5)c4c32)C1. The van der Waals surface area contributed by atoms with Crippen LogP contribution in [0.25, 0.3) is 106 Å². The topological polar surface area (TPSA) is 48.5 Å². The van der Waals surface area contributed by atoms with Crippen molar-refractivity contribution < 1.29 is 0 Å². The zero-order valence-electron chi connectivity index (χ0n) is 34.4. The molecule has 1 aliphatic carbocycles. The molecular weight excluding hydrogens is 767 g/mol. The molecule has 12 rings (SSSR count). The van der Waals surface area contributed by atoms with Crippen LogP contribution in [0.1, 0.15) is 12.0 Å². The van der Waals surface area contributed by atoms with E-state index in [4.69, 9.17) is 15.0 Å². The van der Waals surface area contributed by atoms with E-state index in [1.165, 1.54) is 33.3 Å². The van der Waals surface area contributed by atoms with Gasteiger partial charge in [-0.3, -0.25) is 4.57 Å². The van der Waals surface area contributed by atoms with Crippen LogP contribution >= 0.6 is 0 Å². The Kier molecular flexibility index (Phi) is 8.64. The van der Waals surface area contributed by atoms with E-state index in [1.807, 2.05) is 24.3 Å².